The fraction of sp³-hybridized carbons (Fsp3) is 0.148. The van der Waals surface area contributed by atoms with Crippen LogP contribution in [-0.4, -0.2) is 50.7 Å². The zero-order chi connectivity index (χ0) is 25.8. The van der Waals surface area contributed by atoms with E-state index < -0.39 is 36.9 Å². The Balaban J connectivity index is 1.85. The molecule has 9 heteroatoms. The van der Waals surface area contributed by atoms with Crippen LogP contribution in [0.25, 0.3) is 0 Å². The van der Waals surface area contributed by atoms with Gasteiger partial charge < -0.3 is 20.3 Å². The molecule has 0 aliphatic carbocycles. The molecule has 36 heavy (non-hydrogen) atoms. The van der Waals surface area contributed by atoms with E-state index in [0.717, 1.165) is 11.1 Å². The lowest BCUT2D eigenvalue weighted by Crippen LogP contribution is -2.43. The van der Waals surface area contributed by atoms with Crippen LogP contribution in [0.4, 0.5) is 0 Å². The van der Waals surface area contributed by atoms with Crippen molar-refractivity contribution in [1.82, 2.24) is 15.3 Å². The largest absolute Gasteiger partial charge is 0.481 e. The quantitative estimate of drug-likeness (QED) is 0.414. The minimum Gasteiger partial charge on any atom is -0.481 e. The van der Waals surface area contributed by atoms with Crippen LogP contribution in [0.2, 0.25) is 0 Å². The van der Waals surface area contributed by atoms with Gasteiger partial charge in [0.05, 0.1) is 11.1 Å². The van der Waals surface area contributed by atoms with E-state index in [1.807, 2.05) is 0 Å². The summed E-state index contributed by atoms with van der Waals surface area (Å²) in [5.74, 6) is 9.07. The molecule has 180 valence electrons. The van der Waals surface area contributed by atoms with Crippen LogP contribution in [0.3, 0.4) is 0 Å². The summed E-state index contributed by atoms with van der Waals surface area (Å²) < 4.78 is 5.76. The van der Waals surface area contributed by atoms with E-state index >= 15 is 0 Å². The Morgan fingerprint density at radius 1 is 0.833 bits per heavy atom. The monoisotopic (exact) mass is 483 g/mol. The lowest BCUT2D eigenvalue weighted by atomic mass is 10.1. The van der Waals surface area contributed by atoms with Gasteiger partial charge in [0.25, 0.3) is 5.91 Å². The molecule has 0 bridgehead atoms. The Labute approximate surface area is 207 Å². The van der Waals surface area contributed by atoms with Gasteiger partial charge in [-0.05, 0) is 42.8 Å². The smallest absolute Gasteiger partial charge is 0.326 e. The normalized spacial score (nSPS) is 10.6. The molecule has 0 radical (unpaired) electrons. The van der Waals surface area contributed by atoms with E-state index in [1.165, 1.54) is 0 Å². The lowest BCUT2D eigenvalue weighted by Gasteiger charge is -2.15. The number of carboxylic acids is 2. The van der Waals surface area contributed by atoms with Crippen LogP contribution in [0.1, 0.15) is 35.1 Å². The average molecular weight is 483 g/mol. The highest BCUT2D eigenvalue weighted by Gasteiger charge is 2.21. The van der Waals surface area contributed by atoms with Crippen molar-refractivity contribution in [2.75, 3.05) is 6.61 Å². The summed E-state index contributed by atoms with van der Waals surface area (Å²) in [5, 5.41) is 20.3. The SMILES string of the molecule is O=C(O)CCC(NC(=O)COc1c(C#Cc2ccncc2)cccc1C#Cc1ccncc1)C(=O)O. The molecule has 1 amide bonds. The van der Waals surface area contributed by atoms with Crippen molar-refractivity contribution in [3.05, 3.63) is 89.5 Å². The topological polar surface area (TPSA) is 139 Å². The van der Waals surface area contributed by atoms with E-state index in [9.17, 15) is 19.5 Å². The Morgan fingerprint density at radius 2 is 1.36 bits per heavy atom. The van der Waals surface area contributed by atoms with Gasteiger partial charge in [0.15, 0.2) is 12.4 Å². The highest BCUT2D eigenvalue weighted by Crippen LogP contribution is 2.23. The molecule has 3 rings (SSSR count). The molecule has 0 fully saturated rings. The molecule has 0 aliphatic heterocycles. The van der Waals surface area contributed by atoms with Gasteiger partial charge in [0.1, 0.15) is 6.04 Å². The van der Waals surface area contributed by atoms with Gasteiger partial charge in [-0.2, -0.15) is 0 Å². The van der Waals surface area contributed by atoms with E-state index in [1.54, 1.807) is 67.3 Å². The summed E-state index contributed by atoms with van der Waals surface area (Å²) in [6.07, 6.45) is 5.81. The van der Waals surface area contributed by atoms with Crippen LogP contribution in [0.5, 0.6) is 5.75 Å². The average Bonchev–Trinajstić information content (AvgIpc) is 2.88. The summed E-state index contributed by atoms with van der Waals surface area (Å²) in [5.41, 5.74) is 2.40. The van der Waals surface area contributed by atoms with Crippen molar-refractivity contribution in [1.29, 1.82) is 0 Å². The van der Waals surface area contributed by atoms with Crippen LogP contribution in [0.15, 0.2) is 67.3 Å². The molecule has 3 aromatic rings. The Morgan fingerprint density at radius 3 is 1.83 bits per heavy atom. The number of ether oxygens (including phenoxy) is 1. The van der Waals surface area contributed by atoms with Gasteiger partial charge in [-0.25, -0.2) is 4.79 Å². The van der Waals surface area contributed by atoms with Crippen molar-refractivity contribution in [3.8, 4) is 29.4 Å². The van der Waals surface area contributed by atoms with Crippen molar-refractivity contribution in [2.24, 2.45) is 0 Å². The van der Waals surface area contributed by atoms with Crippen molar-refractivity contribution in [2.45, 2.75) is 18.9 Å². The zero-order valence-corrected chi connectivity index (χ0v) is 19.0. The van der Waals surface area contributed by atoms with Gasteiger partial charge in [-0.1, -0.05) is 29.7 Å². The third-order valence-corrected chi connectivity index (χ3v) is 4.69. The minimum atomic E-state index is -1.36. The number of aromatic nitrogens is 2. The van der Waals surface area contributed by atoms with Crippen LogP contribution in [-0.2, 0) is 14.4 Å². The summed E-state index contributed by atoms with van der Waals surface area (Å²) in [7, 11) is 0. The fourth-order valence-corrected chi connectivity index (χ4v) is 2.94. The maximum absolute atomic E-state index is 12.4. The molecule has 1 unspecified atom stereocenters. The number of amides is 1. The first kappa shape index (κ1) is 25.5. The van der Waals surface area contributed by atoms with E-state index in [2.05, 4.69) is 39.0 Å². The number of carboxylic acid groups (broad SMARTS) is 2. The number of hydrogen-bond acceptors (Lipinski definition) is 6. The number of para-hydroxylation sites is 1. The first-order valence-corrected chi connectivity index (χ1v) is 10.8. The lowest BCUT2D eigenvalue weighted by molar-refractivity contribution is -0.143. The molecule has 0 spiro atoms. The second kappa shape index (κ2) is 12.9. The first-order chi connectivity index (χ1) is 17.4. The molecule has 2 heterocycles. The third kappa shape index (κ3) is 8.01. The molecule has 1 aromatic carbocycles. The molecular formula is C27H21N3O6. The second-order valence-electron chi connectivity index (χ2n) is 7.33. The number of rotatable bonds is 8. The predicted octanol–water partition coefficient (Wildman–Crippen LogP) is 2.09. The standard InChI is InChI=1S/C27H21N3O6/c31-24(30-23(27(34)35)8-9-25(32)33)18-36-26-21(6-4-19-10-14-28-15-11-19)2-1-3-22(26)7-5-20-12-16-29-17-13-20/h1-3,10-17,23H,8-9,18H2,(H,30,31)(H,32,33)(H,34,35). The minimum absolute atomic E-state index is 0.257. The van der Waals surface area contributed by atoms with Crippen LogP contribution >= 0.6 is 0 Å². The van der Waals surface area contributed by atoms with Gasteiger partial charge in [-0.15, -0.1) is 0 Å². The second-order valence-corrected chi connectivity index (χ2v) is 7.33. The number of nitrogens with zero attached hydrogens (tertiary/aromatic N) is 2. The Kier molecular flexibility index (Phi) is 9.14. The number of hydrogen-bond donors (Lipinski definition) is 3. The molecule has 1 atom stereocenters. The molecule has 2 aromatic heterocycles. The summed E-state index contributed by atoms with van der Waals surface area (Å²) >= 11 is 0. The van der Waals surface area contributed by atoms with Gasteiger partial charge in [0.2, 0.25) is 0 Å². The highest BCUT2D eigenvalue weighted by atomic mass is 16.5. The maximum atomic E-state index is 12.4. The highest BCUT2D eigenvalue weighted by molar-refractivity contribution is 5.85. The van der Waals surface area contributed by atoms with Crippen LogP contribution < -0.4 is 10.1 Å². The van der Waals surface area contributed by atoms with Crippen molar-refractivity contribution in [3.63, 3.8) is 0 Å². The van der Waals surface area contributed by atoms with Crippen LogP contribution in [0, 0.1) is 23.7 Å². The molecule has 0 saturated carbocycles. The molecule has 0 aliphatic rings. The Hall–Kier alpha value is -5.15. The van der Waals surface area contributed by atoms with Crippen molar-refractivity contribution < 1.29 is 29.3 Å². The molecule has 0 saturated heterocycles. The number of aliphatic carboxylic acids is 2. The molecule has 3 N–H and O–H groups in total. The number of nitrogens with one attached hydrogen (secondary N) is 1. The van der Waals surface area contributed by atoms with Gasteiger partial charge in [-0.3, -0.25) is 19.6 Å². The van der Waals surface area contributed by atoms with E-state index in [0.29, 0.717) is 11.1 Å². The Bertz CT molecular complexity index is 1280. The summed E-state index contributed by atoms with van der Waals surface area (Å²) in [4.78, 5) is 42.5. The first-order valence-electron chi connectivity index (χ1n) is 10.8. The number of carbonyl (C=O) groups is 3. The zero-order valence-electron chi connectivity index (χ0n) is 19.0. The fourth-order valence-electron chi connectivity index (χ4n) is 2.94. The number of pyridine rings is 2. The maximum Gasteiger partial charge on any atom is 0.326 e. The van der Waals surface area contributed by atoms with E-state index in [4.69, 9.17) is 9.84 Å². The summed E-state index contributed by atoms with van der Waals surface area (Å²) in [6.45, 7) is -0.519. The van der Waals surface area contributed by atoms with Gasteiger partial charge in [0, 0.05) is 42.3 Å². The number of benzene rings is 1. The van der Waals surface area contributed by atoms with Gasteiger partial charge >= 0.3 is 11.9 Å². The number of carbonyl (C=O) groups excluding carboxylic acids is 1. The van der Waals surface area contributed by atoms with E-state index in [-0.39, 0.29) is 12.2 Å². The van der Waals surface area contributed by atoms with Crippen molar-refractivity contribution >= 4 is 17.8 Å². The molecule has 9 nitrogen and oxygen atoms in total. The third-order valence-electron chi connectivity index (χ3n) is 4.69. The summed E-state index contributed by atoms with van der Waals surface area (Å²) in [6, 6.07) is 10.8. The molecular weight excluding hydrogens is 462 g/mol. The predicted molar refractivity (Wildman–Crippen MR) is 129 cm³/mol.